The Labute approximate surface area is 86.3 Å². The van der Waals surface area contributed by atoms with Gasteiger partial charge in [0, 0.05) is 0 Å². The summed E-state index contributed by atoms with van der Waals surface area (Å²) in [4.78, 5) is 0. The third kappa shape index (κ3) is 3.22. The van der Waals surface area contributed by atoms with Gasteiger partial charge in [-0.3, -0.25) is 0 Å². The van der Waals surface area contributed by atoms with E-state index in [2.05, 4.69) is 7.05 Å². The van der Waals surface area contributed by atoms with Crippen LogP contribution in [0.2, 0.25) is 0 Å². The number of hydrogen-bond acceptors (Lipinski definition) is 3. The van der Waals surface area contributed by atoms with Crippen LogP contribution in [0.4, 0.5) is 0 Å². The molecular weight excluding hydrogens is 202 g/mol. The number of rotatable bonds is 3. The van der Waals surface area contributed by atoms with Crippen molar-refractivity contribution in [3.8, 4) is 0 Å². The summed E-state index contributed by atoms with van der Waals surface area (Å²) in [6.45, 7) is 3.86. The van der Waals surface area contributed by atoms with Gasteiger partial charge in [0.15, 0.2) is 0 Å². The monoisotopic (exact) mass is 221 g/mol. The first-order chi connectivity index (χ1) is 6.33. The molecule has 1 unspecified atom stereocenters. The van der Waals surface area contributed by atoms with Crippen LogP contribution >= 0.6 is 0 Å². The molecule has 0 aromatic carbocycles. The summed E-state index contributed by atoms with van der Waals surface area (Å²) in [6, 6.07) is -0.0715. The van der Waals surface area contributed by atoms with Gasteiger partial charge in [0.1, 0.15) is 10.1 Å². The second kappa shape index (κ2) is 4.16. The minimum absolute atomic E-state index is 0.0715. The molecule has 14 heavy (non-hydrogen) atoms. The number of quaternary nitrogens is 1. The summed E-state index contributed by atoms with van der Waals surface area (Å²) in [7, 11) is -2.03. The Balaban J connectivity index is 2.62. The largest absolute Gasteiger partial charge is 0.748 e. The maximum atomic E-state index is 10.7. The molecule has 0 N–H and O–H groups in total. The van der Waals surface area contributed by atoms with Crippen LogP contribution in [0.1, 0.15) is 26.2 Å². The lowest BCUT2D eigenvalue weighted by Gasteiger charge is -2.43. The fraction of sp³-hybridized carbons (Fsp3) is 1.00. The molecule has 0 amide bonds. The molecule has 4 nitrogen and oxygen atoms in total. The first-order valence-corrected chi connectivity index (χ1v) is 6.69. The van der Waals surface area contributed by atoms with Crippen molar-refractivity contribution in [2.24, 2.45) is 0 Å². The summed E-state index contributed by atoms with van der Waals surface area (Å²) in [5, 5.41) is 0. The Kier molecular flexibility index (Phi) is 3.55. The zero-order valence-electron chi connectivity index (χ0n) is 8.90. The highest BCUT2D eigenvalue weighted by atomic mass is 32.2. The second-order valence-corrected chi connectivity index (χ2v) is 6.01. The molecule has 1 saturated heterocycles. The fourth-order valence-corrected chi connectivity index (χ4v) is 3.10. The third-order valence-corrected chi connectivity index (χ3v) is 4.24. The average molecular weight is 221 g/mol. The highest BCUT2D eigenvalue weighted by Gasteiger charge is 2.31. The highest BCUT2D eigenvalue weighted by molar-refractivity contribution is 7.85. The van der Waals surface area contributed by atoms with Crippen molar-refractivity contribution in [1.29, 1.82) is 0 Å². The van der Waals surface area contributed by atoms with Gasteiger partial charge < -0.3 is 9.04 Å². The summed E-state index contributed by atoms with van der Waals surface area (Å²) in [5.41, 5.74) is 0. The van der Waals surface area contributed by atoms with Gasteiger partial charge in [-0.2, -0.15) is 0 Å². The van der Waals surface area contributed by atoms with E-state index in [-0.39, 0.29) is 11.8 Å². The number of nitrogens with zero attached hydrogens (tertiary/aromatic N) is 1. The zero-order valence-corrected chi connectivity index (χ0v) is 9.72. The molecule has 1 atom stereocenters. The lowest BCUT2D eigenvalue weighted by atomic mass is 10.1. The molecule has 0 radical (unpaired) electrons. The van der Waals surface area contributed by atoms with Crippen LogP contribution < -0.4 is 0 Å². The van der Waals surface area contributed by atoms with Crippen molar-refractivity contribution in [3.63, 3.8) is 0 Å². The van der Waals surface area contributed by atoms with Gasteiger partial charge in [0.25, 0.3) is 0 Å². The first kappa shape index (κ1) is 11.9. The number of piperidine rings is 1. The second-order valence-electron chi connectivity index (χ2n) is 4.56. The van der Waals surface area contributed by atoms with Gasteiger partial charge >= 0.3 is 0 Å². The van der Waals surface area contributed by atoms with E-state index >= 15 is 0 Å². The average Bonchev–Trinajstić information content (AvgIpc) is 2.02. The maximum absolute atomic E-state index is 10.7. The summed E-state index contributed by atoms with van der Waals surface area (Å²) >= 11 is 0. The van der Waals surface area contributed by atoms with Crippen molar-refractivity contribution in [1.82, 2.24) is 0 Å². The molecule has 0 aromatic rings. The third-order valence-electron chi connectivity index (χ3n) is 3.35. The lowest BCUT2D eigenvalue weighted by Crippen LogP contribution is -2.56. The summed E-state index contributed by atoms with van der Waals surface area (Å²) < 4.78 is 32.7. The molecule has 1 aliphatic heterocycles. The van der Waals surface area contributed by atoms with E-state index in [1.807, 2.05) is 6.92 Å². The van der Waals surface area contributed by atoms with Crippen molar-refractivity contribution < 1.29 is 17.5 Å². The van der Waals surface area contributed by atoms with Crippen molar-refractivity contribution >= 4 is 10.1 Å². The van der Waals surface area contributed by atoms with E-state index in [0.717, 1.165) is 30.4 Å². The molecule has 1 heterocycles. The van der Waals surface area contributed by atoms with E-state index in [9.17, 15) is 13.0 Å². The smallest absolute Gasteiger partial charge is 0.100 e. The van der Waals surface area contributed by atoms with Gasteiger partial charge in [-0.05, 0) is 26.2 Å². The van der Waals surface area contributed by atoms with Crippen LogP contribution in [-0.4, -0.2) is 49.4 Å². The van der Waals surface area contributed by atoms with Crippen LogP contribution in [0, 0.1) is 0 Å². The molecule has 1 rings (SSSR count). The van der Waals surface area contributed by atoms with Crippen LogP contribution in [0.15, 0.2) is 0 Å². The molecule has 5 heteroatoms. The molecule has 84 valence electrons. The van der Waals surface area contributed by atoms with Crippen LogP contribution in [0.5, 0.6) is 0 Å². The van der Waals surface area contributed by atoms with Crippen molar-refractivity contribution in [3.05, 3.63) is 0 Å². The van der Waals surface area contributed by atoms with Crippen molar-refractivity contribution in [2.75, 3.05) is 25.9 Å². The van der Waals surface area contributed by atoms with Crippen molar-refractivity contribution in [2.45, 2.75) is 32.2 Å². The first-order valence-electron chi connectivity index (χ1n) is 5.11. The Morgan fingerprint density at radius 3 is 2.21 bits per heavy atom. The zero-order chi connectivity index (χ0) is 10.8. The lowest BCUT2D eigenvalue weighted by molar-refractivity contribution is -0.933. The van der Waals surface area contributed by atoms with E-state index in [4.69, 9.17) is 0 Å². The minimum atomic E-state index is -4.08. The number of hydrogen-bond donors (Lipinski definition) is 0. The topological polar surface area (TPSA) is 57.2 Å². The molecule has 0 bridgehead atoms. The molecule has 0 spiro atoms. The molecule has 1 fully saturated rings. The Bertz CT molecular complexity index is 280. The Hall–Kier alpha value is -0.130. The van der Waals surface area contributed by atoms with Crippen LogP contribution in [0.25, 0.3) is 0 Å². The maximum Gasteiger partial charge on any atom is 0.100 e. The number of likely N-dealkylation sites (tertiary alicyclic amines) is 1. The van der Waals surface area contributed by atoms with E-state index in [1.165, 1.54) is 6.42 Å². The van der Waals surface area contributed by atoms with Gasteiger partial charge in [-0.25, -0.2) is 8.42 Å². The van der Waals surface area contributed by atoms with Crippen LogP contribution in [0.3, 0.4) is 0 Å². The van der Waals surface area contributed by atoms with E-state index < -0.39 is 10.1 Å². The Morgan fingerprint density at radius 1 is 1.29 bits per heavy atom. The molecule has 0 aromatic heterocycles. The molecule has 0 aliphatic carbocycles. The van der Waals surface area contributed by atoms with Crippen LogP contribution in [-0.2, 0) is 10.1 Å². The fourth-order valence-electron chi connectivity index (χ4n) is 2.15. The standard InChI is InChI=1S/C9H19NO3S/c1-9(8-14(11,12)13)10(2)6-4-3-5-7-10/h9H,3-8H2,1-2H3. The molecule has 0 saturated carbocycles. The SMILES string of the molecule is CC(CS(=O)(=O)[O-])[N+]1(C)CCCCC1. The quantitative estimate of drug-likeness (QED) is 0.516. The predicted molar refractivity (Wildman–Crippen MR) is 53.8 cm³/mol. The summed E-state index contributed by atoms with van der Waals surface area (Å²) in [5.74, 6) is -0.233. The Morgan fingerprint density at radius 2 is 1.79 bits per heavy atom. The minimum Gasteiger partial charge on any atom is -0.748 e. The highest BCUT2D eigenvalue weighted by Crippen LogP contribution is 2.20. The normalized spacial score (nSPS) is 24.5. The molecular formula is C9H19NO3S. The van der Waals surface area contributed by atoms with Gasteiger partial charge in [0.2, 0.25) is 0 Å². The predicted octanol–water partition coefficient (Wildman–Crippen LogP) is 0.551. The summed E-state index contributed by atoms with van der Waals surface area (Å²) in [6.07, 6.45) is 3.50. The van der Waals surface area contributed by atoms with Gasteiger partial charge in [-0.15, -0.1) is 0 Å². The van der Waals surface area contributed by atoms with E-state index in [1.54, 1.807) is 0 Å². The van der Waals surface area contributed by atoms with Gasteiger partial charge in [0.05, 0.1) is 31.9 Å². The molecule has 1 aliphatic rings. The van der Waals surface area contributed by atoms with E-state index in [0.29, 0.717) is 0 Å². The van der Waals surface area contributed by atoms with Gasteiger partial charge in [-0.1, -0.05) is 0 Å².